The van der Waals surface area contributed by atoms with E-state index in [2.05, 4.69) is 26.1 Å². The summed E-state index contributed by atoms with van der Waals surface area (Å²) in [6.45, 7) is 8.83. The van der Waals surface area contributed by atoms with Gasteiger partial charge in [-0.2, -0.15) is 0 Å². The minimum atomic E-state index is -2.98. The number of nitrogens with one attached hydrogen (secondary N) is 1. The molecule has 96 valence electrons. The lowest BCUT2D eigenvalue weighted by molar-refractivity contribution is 0.381. The Morgan fingerprint density at radius 1 is 1.38 bits per heavy atom. The summed E-state index contributed by atoms with van der Waals surface area (Å²) < 4.78 is 24.2. The van der Waals surface area contributed by atoms with Gasteiger partial charge in [0.1, 0.15) is 0 Å². The van der Waals surface area contributed by atoms with E-state index in [9.17, 15) is 8.42 Å². The van der Waals surface area contributed by atoms with Gasteiger partial charge in [0, 0.05) is 19.1 Å². The molecule has 0 aliphatic carbocycles. The van der Waals surface area contributed by atoms with Gasteiger partial charge in [-0.15, -0.1) is 0 Å². The van der Waals surface area contributed by atoms with E-state index in [1.165, 1.54) is 6.26 Å². The van der Waals surface area contributed by atoms with E-state index < -0.39 is 10.0 Å². The molecule has 0 aromatic heterocycles. The van der Waals surface area contributed by atoms with E-state index in [0.717, 1.165) is 13.0 Å². The van der Waals surface area contributed by atoms with Crippen molar-refractivity contribution in [2.75, 3.05) is 25.9 Å². The molecule has 2 atom stereocenters. The molecular formula is C11H24N2O2S. The Kier molecular flexibility index (Phi) is 4.76. The molecule has 0 amide bonds. The van der Waals surface area contributed by atoms with Gasteiger partial charge in [0.25, 0.3) is 0 Å². The summed E-state index contributed by atoms with van der Waals surface area (Å²) in [5.41, 5.74) is 0. The molecule has 1 fully saturated rings. The Morgan fingerprint density at radius 3 is 2.44 bits per heavy atom. The van der Waals surface area contributed by atoms with Crippen LogP contribution in [0.15, 0.2) is 0 Å². The molecule has 4 nitrogen and oxygen atoms in total. The fraction of sp³-hybridized carbons (Fsp3) is 1.00. The van der Waals surface area contributed by atoms with Crippen LogP contribution in [-0.2, 0) is 10.0 Å². The minimum Gasteiger partial charge on any atom is -0.314 e. The molecule has 1 N–H and O–H groups in total. The Balaban J connectivity index is 2.32. The van der Waals surface area contributed by atoms with Crippen LogP contribution >= 0.6 is 0 Å². The van der Waals surface area contributed by atoms with Crippen molar-refractivity contribution in [2.45, 2.75) is 33.2 Å². The molecule has 1 aliphatic rings. The molecule has 1 aliphatic heterocycles. The first-order chi connectivity index (χ1) is 7.30. The lowest BCUT2D eigenvalue weighted by Gasteiger charge is -2.20. The fourth-order valence-electron chi connectivity index (χ4n) is 1.85. The Labute approximate surface area is 99.5 Å². The first kappa shape index (κ1) is 13.9. The molecule has 5 heteroatoms. The van der Waals surface area contributed by atoms with Crippen LogP contribution in [0.3, 0.4) is 0 Å². The lowest BCUT2D eigenvalue weighted by Crippen LogP contribution is -2.36. The maximum absolute atomic E-state index is 11.3. The third kappa shape index (κ3) is 4.03. The van der Waals surface area contributed by atoms with Gasteiger partial charge in [-0.3, -0.25) is 0 Å². The van der Waals surface area contributed by atoms with Crippen LogP contribution in [0.25, 0.3) is 0 Å². The van der Waals surface area contributed by atoms with Gasteiger partial charge < -0.3 is 5.32 Å². The van der Waals surface area contributed by atoms with Crippen LogP contribution in [0.2, 0.25) is 0 Å². The highest BCUT2D eigenvalue weighted by Crippen LogP contribution is 2.18. The predicted octanol–water partition coefficient (Wildman–Crippen LogP) is 0.902. The third-order valence-electron chi connectivity index (χ3n) is 3.45. The summed E-state index contributed by atoms with van der Waals surface area (Å²) in [6, 6.07) is 0.493. The topological polar surface area (TPSA) is 49.4 Å². The lowest BCUT2D eigenvalue weighted by atomic mass is 10.0. The molecule has 0 spiro atoms. The normalized spacial score (nSPS) is 25.2. The smallest absolute Gasteiger partial charge is 0.211 e. The Morgan fingerprint density at radius 2 is 2.00 bits per heavy atom. The van der Waals surface area contributed by atoms with Crippen LogP contribution < -0.4 is 5.32 Å². The Bertz CT molecular complexity index is 314. The zero-order chi connectivity index (χ0) is 12.3. The highest BCUT2D eigenvalue weighted by atomic mass is 32.2. The van der Waals surface area contributed by atoms with Crippen molar-refractivity contribution >= 4 is 10.0 Å². The minimum absolute atomic E-state index is 0.468. The van der Waals surface area contributed by atoms with Gasteiger partial charge in [0.05, 0.1) is 6.26 Å². The van der Waals surface area contributed by atoms with E-state index in [-0.39, 0.29) is 0 Å². The predicted molar refractivity (Wildman–Crippen MR) is 66.8 cm³/mol. The second kappa shape index (κ2) is 5.47. The van der Waals surface area contributed by atoms with Crippen molar-refractivity contribution in [2.24, 2.45) is 11.8 Å². The maximum atomic E-state index is 11.3. The second-order valence-electron chi connectivity index (χ2n) is 5.22. The number of hydrogen-bond acceptors (Lipinski definition) is 3. The van der Waals surface area contributed by atoms with Crippen LogP contribution in [0.5, 0.6) is 0 Å². The molecular weight excluding hydrogens is 224 g/mol. The highest BCUT2D eigenvalue weighted by molar-refractivity contribution is 7.88. The third-order valence-corrected chi connectivity index (χ3v) is 4.72. The van der Waals surface area contributed by atoms with E-state index in [1.54, 1.807) is 4.31 Å². The molecule has 0 saturated carbocycles. The molecule has 16 heavy (non-hydrogen) atoms. The average molecular weight is 248 g/mol. The highest BCUT2D eigenvalue weighted by Gasteiger charge is 2.28. The standard InChI is InChI=1S/C11H24N2O2S/c1-9(2)10(3)12-7-11-5-6-13(8-11)16(4,14)15/h9-12H,5-8H2,1-4H3. The van der Waals surface area contributed by atoms with E-state index in [4.69, 9.17) is 0 Å². The van der Waals surface area contributed by atoms with Crippen molar-refractivity contribution in [1.82, 2.24) is 9.62 Å². The summed E-state index contributed by atoms with van der Waals surface area (Å²) in [5, 5.41) is 3.47. The summed E-state index contributed by atoms with van der Waals surface area (Å²) in [6.07, 6.45) is 2.27. The zero-order valence-electron chi connectivity index (χ0n) is 10.7. The van der Waals surface area contributed by atoms with Crippen molar-refractivity contribution in [1.29, 1.82) is 0 Å². The second-order valence-corrected chi connectivity index (χ2v) is 7.20. The summed E-state index contributed by atoms with van der Waals surface area (Å²) >= 11 is 0. The van der Waals surface area contributed by atoms with Gasteiger partial charge in [-0.05, 0) is 31.7 Å². The largest absolute Gasteiger partial charge is 0.314 e. The summed E-state index contributed by atoms with van der Waals surface area (Å²) in [7, 11) is -2.98. The van der Waals surface area contributed by atoms with Crippen LogP contribution in [0.4, 0.5) is 0 Å². The maximum Gasteiger partial charge on any atom is 0.211 e. The summed E-state index contributed by atoms with van der Waals surface area (Å²) in [4.78, 5) is 0. The van der Waals surface area contributed by atoms with Crippen LogP contribution in [0, 0.1) is 11.8 Å². The molecule has 0 aromatic carbocycles. The number of nitrogens with zero attached hydrogens (tertiary/aromatic N) is 1. The average Bonchev–Trinajstić information content (AvgIpc) is 2.61. The first-order valence-electron chi connectivity index (χ1n) is 5.99. The van der Waals surface area contributed by atoms with Crippen molar-refractivity contribution < 1.29 is 8.42 Å². The van der Waals surface area contributed by atoms with Crippen LogP contribution in [-0.4, -0.2) is 44.7 Å². The molecule has 2 unspecified atom stereocenters. The number of hydrogen-bond donors (Lipinski definition) is 1. The molecule has 1 heterocycles. The van der Waals surface area contributed by atoms with Crippen molar-refractivity contribution in [3.8, 4) is 0 Å². The molecule has 0 aromatic rings. The fourth-order valence-corrected chi connectivity index (χ4v) is 2.77. The van der Waals surface area contributed by atoms with E-state index in [0.29, 0.717) is 31.0 Å². The quantitative estimate of drug-likeness (QED) is 0.786. The molecule has 0 bridgehead atoms. The number of rotatable bonds is 5. The first-order valence-corrected chi connectivity index (χ1v) is 7.84. The van der Waals surface area contributed by atoms with E-state index in [1.807, 2.05) is 0 Å². The van der Waals surface area contributed by atoms with E-state index >= 15 is 0 Å². The van der Waals surface area contributed by atoms with Crippen molar-refractivity contribution in [3.63, 3.8) is 0 Å². The number of sulfonamides is 1. The van der Waals surface area contributed by atoms with Crippen molar-refractivity contribution in [3.05, 3.63) is 0 Å². The van der Waals surface area contributed by atoms with Gasteiger partial charge in [0.2, 0.25) is 10.0 Å². The van der Waals surface area contributed by atoms with Gasteiger partial charge in [0.15, 0.2) is 0 Å². The van der Waals surface area contributed by atoms with Gasteiger partial charge in [-0.25, -0.2) is 12.7 Å². The monoisotopic (exact) mass is 248 g/mol. The van der Waals surface area contributed by atoms with Gasteiger partial charge >= 0.3 is 0 Å². The SMILES string of the molecule is CC(C)C(C)NCC1CCN(S(C)(=O)=O)C1. The zero-order valence-corrected chi connectivity index (χ0v) is 11.5. The van der Waals surface area contributed by atoms with Gasteiger partial charge in [-0.1, -0.05) is 13.8 Å². The van der Waals surface area contributed by atoms with Crippen LogP contribution in [0.1, 0.15) is 27.2 Å². The summed E-state index contributed by atoms with van der Waals surface area (Å²) in [5.74, 6) is 1.09. The molecule has 1 rings (SSSR count). The molecule has 0 radical (unpaired) electrons. The molecule has 1 saturated heterocycles. The Hall–Kier alpha value is -0.130.